The van der Waals surface area contributed by atoms with Crippen molar-refractivity contribution >= 4 is 0 Å². The summed E-state index contributed by atoms with van der Waals surface area (Å²) in [6, 6.07) is 4.65. The van der Waals surface area contributed by atoms with E-state index >= 15 is 0 Å². The molecule has 17 heavy (non-hydrogen) atoms. The van der Waals surface area contributed by atoms with Crippen molar-refractivity contribution in [3.8, 4) is 0 Å². The molecule has 0 amide bonds. The Balaban J connectivity index is 1.85. The summed E-state index contributed by atoms with van der Waals surface area (Å²) < 4.78 is 23.9. The first-order valence-electron chi connectivity index (χ1n) is 5.92. The molecular formula is C13H18FNO2. The van der Waals surface area contributed by atoms with Crippen LogP contribution in [0.1, 0.15) is 17.5 Å². The summed E-state index contributed by atoms with van der Waals surface area (Å²) in [6.07, 6.45) is 1.06. The Labute approximate surface area is 101 Å². The number of halogens is 1. The van der Waals surface area contributed by atoms with E-state index in [-0.39, 0.29) is 5.82 Å². The van der Waals surface area contributed by atoms with Gasteiger partial charge in [-0.2, -0.15) is 0 Å². The van der Waals surface area contributed by atoms with Gasteiger partial charge in [0.15, 0.2) is 0 Å². The molecule has 0 saturated carbocycles. The van der Waals surface area contributed by atoms with Crippen molar-refractivity contribution in [2.45, 2.75) is 19.6 Å². The summed E-state index contributed by atoms with van der Waals surface area (Å²) in [5, 5.41) is 0. The van der Waals surface area contributed by atoms with Gasteiger partial charge >= 0.3 is 0 Å². The molecule has 0 radical (unpaired) electrons. The number of hydrogen-bond donors (Lipinski definition) is 1. The quantitative estimate of drug-likeness (QED) is 0.852. The topological polar surface area (TPSA) is 44.5 Å². The van der Waals surface area contributed by atoms with Crippen molar-refractivity contribution in [2.75, 3.05) is 19.8 Å². The van der Waals surface area contributed by atoms with Gasteiger partial charge in [-0.05, 0) is 29.7 Å². The van der Waals surface area contributed by atoms with E-state index in [2.05, 4.69) is 0 Å². The second-order valence-corrected chi connectivity index (χ2v) is 4.36. The molecule has 1 atom stereocenters. The van der Waals surface area contributed by atoms with Gasteiger partial charge < -0.3 is 15.2 Å². The maximum atomic E-state index is 13.0. The first kappa shape index (κ1) is 12.5. The fourth-order valence-corrected chi connectivity index (χ4v) is 1.98. The van der Waals surface area contributed by atoms with Crippen LogP contribution in [0.4, 0.5) is 4.39 Å². The van der Waals surface area contributed by atoms with Gasteiger partial charge in [-0.15, -0.1) is 0 Å². The normalized spacial score (nSPS) is 19.8. The predicted molar refractivity (Wildman–Crippen MR) is 62.9 cm³/mol. The highest BCUT2D eigenvalue weighted by atomic mass is 19.1. The third kappa shape index (κ3) is 3.49. The molecule has 1 heterocycles. The number of rotatable bonds is 5. The van der Waals surface area contributed by atoms with Crippen LogP contribution in [0.2, 0.25) is 0 Å². The van der Waals surface area contributed by atoms with Crippen molar-refractivity contribution in [1.29, 1.82) is 0 Å². The summed E-state index contributed by atoms with van der Waals surface area (Å²) in [7, 11) is 0. The van der Waals surface area contributed by atoms with E-state index in [1.165, 1.54) is 12.1 Å². The zero-order valence-corrected chi connectivity index (χ0v) is 9.82. The minimum absolute atomic E-state index is 0.251. The number of ether oxygens (including phenoxy) is 2. The maximum absolute atomic E-state index is 13.0. The van der Waals surface area contributed by atoms with Crippen LogP contribution in [0.25, 0.3) is 0 Å². The zero-order valence-electron chi connectivity index (χ0n) is 9.82. The van der Waals surface area contributed by atoms with E-state index in [9.17, 15) is 4.39 Å². The van der Waals surface area contributed by atoms with E-state index in [0.717, 1.165) is 30.8 Å². The Morgan fingerprint density at radius 3 is 3.00 bits per heavy atom. The largest absolute Gasteiger partial charge is 0.381 e. The summed E-state index contributed by atoms with van der Waals surface area (Å²) in [5.74, 6) is 0.246. The molecule has 1 aromatic carbocycles. The number of hydrogen-bond acceptors (Lipinski definition) is 3. The monoisotopic (exact) mass is 239 g/mol. The zero-order chi connectivity index (χ0) is 12.1. The standard InChI is InChI=1S/C13H18FNO2/c14-13-2-1-11(12(5-13)6-15)9-17-8-10-3-4-16-7-10/h1-2,5,10H,3-4,6-9,15H2. The SMILES string of the molecule is NCc1cc(F)ccc1COCC1CCOC1. The van der Waals surface area contributed by atoms with Crippen LogP contribution in [0.3, 0.4) is 0 Å². The van der Waals surface area contributed by atoms with Crippen molar-refractivity contribution in [3.05, 3.63) is 35.1 Å². The van der Waals surface area contributed by atoms with Crippen LogP contribution in [0.5, 0.6) is 0 Å². The van der Waals surface area contributed by atoms with Gasteiger partial charge in [-0.1, -0.05) is 6.07 Å². The van der Waals surface area contributed by atoms with Gasteiger partial charge in [0, 0.05) is 19.1 Å². The molecule has 0 bridgehead atoms. The van der Waals surface area contributed by atoms with Crippen molar-refractivity contribution in [1.82, 2.24) is 0 Å². The molecular weight excluding hydrogens is 221 g/mol. The molecule has 94 valence electrons. The Morgan fingerprint density at radius 1 is 1.41 bits per heavy atom. The second kappa shape index (κ2) is 6.10. The highest BCUT2D eigenvalue weighted by molar-refractivity contribution is 5.27. The molecule has 2 rings (SSSR count). The van der Waals surface area contributed by atoms with Gasteiger partial charge in [0.2, 0.25) is 0 Å². The molecule has 1 aliphatic heterocycles. The molecule has 0 aliphatic carbocycles. The summed E-state index contributed by atoms with van der Waals surface area (Å²) in [5.41, 5.74) is 7.35. The van der Waals surface area contributed by atoms with E-state index in [1.807, 2.05) is 0 Å². The Bertz CT molecular complexity index is 364. The lowest BCUT2D eigenvalue weighted by molar-refractivity contribution is 0.0787. The average molecular weight is 239 g/mol. The molecule has 3 nitrogen and oxygen atoms in total. The van der Waals surface area contributed by atoms with Crippen LogP contribution >= 0.6 is 0 Å². The van der Waals surface area contributed by atoms with Crippen molar-refractivity contribution < 1.29 is 13.9 Å². The average Bonchev–Trinajstić information content (AvgIpc) is 2.84. The van der Waals surface area contributed by atoms with Crippen molar-refractivity contribution in [3.63, 3.8) is 0 Å². The molecule has 0 spiro atoms. The fourth-order valence-electron chi connectivity index (χ4n) is 1.98. The molecule has 1 fully saturated rings. The fraction of sp³-hybridized carbons (Fsp3) is 0.538. The highest BCUT2D eigenvalue weighted by Crippen LogP contribution is 2.15. The number of nitrogens with two attached hydrogens (primary N) is 1. The molecule has 4 heteroatoms. The Morgan fingerprint density at radius 2 is 2.29 bits per heavy atom. The van der Waals surface area contributed by atoms with Gasteiger partial charge in [-0.3, -0.25) is 0 Å². The molecule has 0 aromatic heterocycles. The van der Waals surface area contributed by atoms with Crippen LogP contribution in [0, 0.1) is 11.7 Å². The van der Waals surface area contributed by atoms with E-state index < -0.39 is 0 Å². The minimum Gasteiger partial charge on any atom is -0.381 e. The van der Waals surface area contributed by atoms with Crippen LogP contribution in [-0.2, 0) is 22.6 Å². The summed E-state index contributed by atoms with van der Waals surface area (Å²) >= 11 is 0. The van der Waals surface area contributed by atoms with E-state index in [0.29, 0.717) is 25.7 Å². The molecule has 1 unspecified atom stereocenters. The van der Waals surface area contributed by atoms with Crippen molar-refractivity contribution in [2.24, 2.45) is 11.7 Å². The minimum atomic E-state index is -0.251. The van der Waals surface area contributed by atoms with Gasteiger partial charge in [0.25, 0.3) is 0 Å². The second-order valence-electron chi connectivity index (χ2n) is 4.36. The van der Waals surface area contributed by atoms with E-state index in [1.54, 1.807) is 6.07 Å². The van der Waals surface area contributed by atoms with E-state index in [4.69, 9.17) is 15.2 Å². The lowest BCUT2D eigenvalue weighted by Gasteiger charge is -2.11. The first-order valence-corrected chi connectivity index (χ1v) is 5.92. The smallest absolute Gasteiger partial charge is 0.123 e. The van der Waals surface area contributed by atoms with Crippen LogP contribution in [0.15, 0.2) is 18.2 Å². The third-order valence-corrected chi connectivity index (χ3v) is 3.02. The summed E-state index contributed by atoms with van der Waals surface area (Å²) in [4.78, 5) is 0. The highest BCUT2D eigenvalue weighted by Gasteiger charge is 2.15. The molecule has 1 saturated heterocycles. The molecule has 1 aliphatic rings. The molecule has 1 aromatic rings. The van der Waals surface area contributed by atoms with Gasteiger partial charge in [0.05, 0.1) is 19.8 Å². The van der Waals surface area contributed by atoms with Crippen LogP contribution in [-0.4, -0.2) is 19.8 Å². The number of benzene rings is 1. The van der Waals surface area contributed by atoms with Gasteiger partial charge in [-0.25, -0.2) is 4.39 Å². The Kier molecular flexibility index (Phi) is 4.48. The third-order valence-electron chi connectivity index (χ3n) is 3.02. The lowest BCUT2D eigenvalue weighted by atomic mass is 10.1. The Hall–Kier alpha value is -0.970. The molecule has 2 N–H and O–H groups in total. The van der Waals surface area contributed by atoms with Gasteiger partial charge in [0.1, 0.15) is 5.82 Å². The summed E-state index contributed by atoms with van der Waals surface area (Å²) in [6.45, 7) is 3.14. The maximum Gasteiger partial charge on any atom is 0.123 e. The first-order chi connectivity index (χ1) is 8.29. The predicted octanol–water partition coefficient (Wildman–Crippen LogP) is 1.84. The lowest BCUT2D eigenvalue weighted by Crippen LogP contribution is -2.10. The van der Waals surface area contributed by atoms with Crippen LogP contribution < -0.4 is 5.73 Å².